The molecular formula is C43H79N2O6P. The van der Waals surface area contributed by atoms with Gasteiger partial charge in [-0.3, -0.25) is 13.8 Å². The van der Waals surface area contributed by atoms with Crippen LogP contribution < -0.4 is 11.1 Å². The summed E-state index contributed by atoms with van der Waals surface area (Å²) in [4.78, 5) is 22.6. The van der Waals surface area contributed by atoms with Gasteiger partial charge in [0.25, 0.3) is 0 Å². The maximum Gasteiger partial charge on any atom is 0.472 e. The minimum absolute atomic E-state index is 0.0657. The van der Waals surface area contributed by atoms with E-state index in [1.54, 1.807) is 6.08 Å². The quantitative estimate of drug-likeness (QED) is 0.0281. The number of phosphoric acid groups is 1. The third kappa shape index (κ3) is 36.6. The summed E-state index contributed by atoms with van der Waals surface area (Å²) >= 11 is 0. The van der Waals surface area contributed by atoms with Crippen molar-refractivity contribution >= 4 is 13.7 Å². The molecular weight excluding hydrogens is 671 g/mol. The fourth-order valence-corrected chi connectivity index (χ4v) is 6.49. The van der Waals surface area contributed by atoms with Crippen LogP contribution in [0.3, 0.4) is 0 Å². The van der Waals surface area contributed by atoms with Crippen LogP contribution in [0.5, 0.6) is 0 Å². The number of phosphoric ester groups is 1. The highest BCUT2D eigenvalue weighted by Crippen LogP contribution is 2.43. The summed E-state index contributed by atoms with van der Waals surface area (Å²) in [5.74, 6) is -0.275. The van der Waals surface area contributed by atoms with Crippen molar-refractivity contribution < 1.29 is 28.4 Å². The Bertz CT molecular complexity index is 996. The van der Waals surface area contributed by atoms with Crippen molar-refractivity contribution in [3.63, 3.8) is 0 Å². The summed E-state index contributed by atoms with van der Waals surface area (Å²) in [5, 5.41) is 13.6. The predicted molar refractivity (Wildman–Crippen MR) is 221 cm³/mol. The minimum Gasteiger partial charge on any atom is -0.387 e. The number of hydrogen-bond donors (Lipinski definition) is 4. The molecule has 5 N–H and O–H groups in total. The molecule has 0 aromatic rings. The van der Waals surface area contributed by atoms with Crippen molar-refractivity contribution in [2.75, 3.05) is 19.8 Å². The summed E-state index contributed by atoms with van der Waals surface area (Å²) in [7, 11) is -4.36. The van der Waals surface area contributed by atoms with Crippen LogP contribution in [0.4, 0.5) is 0 Å². The average molecular weight is 751 g/mol. The molecule has 0 bridgehead atoms. The Labute approximate surface area is 319 Å². The lowest BCUT2D eigenvalue weighted by Crippen LogP contribution is -2.45. The first kappa shape index (κ1) is 50.2. The Hall–Kier alpha value is -1.80. The van der Waals surface area contributed by atoms with Crippen molar-refractivity contribution in [3.8, 4) is 0 Å². The number of allylic oxidation sites excluding steroid dienone is 9. The molecule has 0 saturated heterocycles. The SMILES string of the molecule is CC/C=C\C/C=C\C/C=C\C/C=C\CCC(=O)NC(COP(=O)(O)OCCN)C(O)/C=C/CCCCCCCCCCCCCCCCCCCC. The van der Waals surface area contributed by atoms with E-state index < -0.39 is 20.0 Å². The maximum atomic E-state index is 12.7. The number of aliphatic hydroxyl groups excluding tert-OH is 1. The average Bonchev–Trinajstić information content (AvgIpc) is 3.13. The molecule has 8 nitrogen and oxygen atoms in total. The predicted octanol–water partition coefficient (Wildman–Crippen LogP) is 11.5. The Kier molecular flexibility index (Phi) is 37.6. The zero-order chi connectivity index (χ0) is 38.2. The van der Waals surface area contributed by atoms with Crippen LogP contribution in [-0.2, 0) is 18.4 Å². The highest BCUT2D eigenvalue weighted by atomic mass is 31.2. The smallest absolute Gasteiger partial charge is 0.387 e. The first-order valence-electron chi connectivity index (χ1n) is 20.9. The van der Waals surface area contributed by atoms with Gasteiger partial charge in [-0.05, 0) is 44.9 Å². The molecule has 9 heteroatoms. The largest absolute Gasteiger partial charge is 0.472 e. The molecule has 0 aliphatic carbocycles. The van der Waals surface area contributed by atoms with E-state index >= 15 is 0 Å². The molecule has 0 spiro atoms. The molecule has 0 saturated carbocycles. The van der Waals surface area contributed by atoms with Crippen LogP contribution in [0, 0.1) is 0 Å². The van der Waals surface area contributed by atoms with Gasteiger partial charge in [0, 0.05) is 13.0 Å². The van der Waals surface area contributed by atoms with Gasteiger partial charge in [-0.2, -0.15) is 0 Å². The summed E-state index contributed by atoms with van der Waals surface area (Å²) in [6, 6.07) is -0.900. The van der Waals surface area contributed by atoms with E-state index in [9.17, 15) is 19.4 Å². The van der Waals surface area contributed by atoms with E-state index in [1.807, 2.05) is 18.2 Å². The highest BCUT2D eigenvalue weighted by Gasteiger charge is 2.26. The molecule has 0 fully saturated rings. The molecule has 0 radical (unpaired) electrons. The lowest BCUT2D eigenvalue weighted by Gasteiger charge is -2.23. The molecule has 0 heterocycles. The zero-order valence-corrected chi connectivity index (χ0v) is 34.2. The van der Waals surface area contributed by atoms with Gasteiger partial charge in [0.2, 0.25) is 5.91 Å². The molecule has 0 aromatic heterocycles. The fraction of sp³-hybridized carbons (Fsp3) is 0.744. The van der Waals surface area contributed by atoms with Gasteiger partial charge in [0.15, 0.2) is 0 Å². The van der Waals surface area contributed by atoms with Crippen LogP contribution in [0.2, 0.25) is 0 Å². The van der Waals surface area contributed by atoms with E-state index in [-0.39, 0.29) is 32.1 Å². The summed E-state index contributed by atoms with van der Waals surface area (Å²) < 4.78 is 22.0. The number of amides is 1. The van der Waals surface area contributed by atoms with Crippen molar-refractivity contribution in [1.29, 1.82) is 0 Å². The summed E-state index contributed by atoms with van der Waals surface area (Å²) in [5.41, 5.74) is 5.36. The molecule has 1 amide bonds. The molecule has 52 heavy (non-hydrogen) atoms. The summed E-state index contributed by atoms with van der Waals surface area (Å²) in [6.45, 7) is 3.95. The van der Waals surface area contributed by atoms with Gasteiger partial charge in [-0.1, -0.05) is 184 Å². The highest BCUT2D eigenvalue weighted by molar-refractivity contribution is 7.47. The number of hydrogen-bond acceptors (Lipinski definition) is 6. The second-order valence-corrected chi connectivity index (χ2v) is 15.3. The van der Waals surface area contributed by atoms with Crippen LogP contribution in [0.15, 0.2) is 60.8 Å². The number of carbonyl (C=O) groups is 1. The Morgan fingerprint density at radius 3 is 1.60 bits per heavy atom. The fourth-order valence-electron chi connectivity index (χ4n) is 5.73. The summed E-state index contributed by atoms with van der Waals surface area (Å²) in [6.07, 6.45) is 48.6. The number of carbonyl (C=O) groups excluding carboxylic acids is 1. The molecule has 0 aliphatic rings. The number of nitrogens with two attached hydrogens (primary N) is 1. The topological polar surface area (TPSA) is 131 Å². The normalized spacial score (nSPS) is 14.8. The van der Waals surface area contributed by atoms with Crippen LogP contribution in [0.1, 0.15) is 174 Å². The molecule has 0 rings (SSSR count). The first-order chi connectivity index (χ1) is 25.4. The molecule has 3 unspecified atom stereocenters. The number of aliphatic hydroxyl groups is 1. The van der Waals surface area contributed by atoms with Crippen molar-refractivity contribution in [3.05, 3.63) is 60.8 Å². The number of rotatable bonds is 38. The van der Waals surface area contributed by atoms with E-state index in [0.29, 0.717) is 6.42 Å². The molecule has 0 aliphatic heterocycles. The Morgan fingerprint density at radius 1 is 0.654 bits per heavy atom. The number of nitrogens with one attached hydrogen (secondary N) is 1. The third-order valence-electron chi connectivity index (χ3n) is 8.86. The maximum absolute atomic E-state index is 12.7. The lowest BCUT2D eigenvalue weighted by molar-refractivity contribution is -0.122. The first-order valence-corrected chi connectivity index (χ1v) is 22.4. The van der Waals surface area contributed by atoms with Gasteiger partial charge in [-0.25, -0.2) is 4.57 Å². The van der Waals surface area contributed by atoms with Crippen LogP contribution in [-0.4, -0.2) is 47.8 Å². The van der Waals surface area contributed by atoms with Gasteiger partial charge in [-0.15, -0.1) is 0 Å². The van der Waals surface area contributed by atoms with Crippen molar-refractivity contribution in [1.82, 2.24) is 5.32 Å². The lowest BCUT2D eigenvalue weighted by atomic mass is 10.0. The number of unbranched alkanes of at least 4 members (excludes halogenated alkanes) is 18. The third-order valence-corrected chi connectivity index (χ3v) is 9.85. The molecule has 0 aromatic carbocycles. The van der Waals surface area contributed by atoms with E-state index in [0.717, 1.165) is 44.9 Å². The van der Waals surface area contributed by atoms with Crippen LogP contribution in [0.25, 0.3) is 0 Å². The standard InChI is InChI=1S/C43H79N2O6P/c1-3-5-7-9-11-13-15-17-18-19-20-21-22-23-25-26-28-30-32-34-36-42(46)41(40-51-52(48,49)50-39-38-44)45-43(47)37-35-33-31-29-27-24-16-14-12-10-8-6-4-2/h6,8,12,14,24,27,31,33-34,36,41-42,46H,3-5,7,9-11,13,15-23,25-26,28-30,32,35,37-40,44H2,1-2H3,(H,45,47)(H,48,49)/b8-6-,14-12-,27-24-,33-31-,36-34+. The monoisotopic (exact) mass is 751 g/mol. The second-order valence-electron chi connectivity index (χ2n) is 13.8. The van der Waals surface area contributed by atoms with Crippen molar-refractivity contribution in [2.45, 2.75) is 187 Å². The van der Waals surface area contributed by atoms with Gasteiger partial charge in [0.05, 0.1) is 25.4 Å². The van der Waals surface area contributed by atoms with Gasteiger partial charge < -0.3 is 21.1 Å². The van der Waals surface area contributed by atoms with Crippen molar-refractivity contribution in [2.24, 2.45) is 5.73 Å². The zero-order valence-electron chi connectivity index (χ0n) is 33.3. The van der Waals surface area contributed by atoms with Gasteiger partial charge >= 0.3 is 7.82 Å². The Morgan fingerprint density at radius 2 is 1.12 bits per heavy atom. The minimum atomic E-state index is -4.36. The van der Waals surface area contributed by atoms with E-state index in [4.69, 9.17) is 14.8 Å². The van der Waals surface area contributed by atoms with Crippen LogP contribution >= 0.6 is 7.82 Å². The van der Waals surface area contributed by atoms with E-state index in [1.165, 1.54) is 103 Å². The Balaban J connectivity index is 4.30. The molecule has 302 valence electrons. The van der Waals surface area contributed by atoms with E-state index in [2.05, 4.69) is 55.6 Å². The van der Waals surface area contributed by atoms with Gasteiger partial charge in [0.1, 0.15) is 0 Å². The molecule has 3 atom stereocenters. The second kappa shape index (κ2) is 38.9.